The fraction of sp³-hybridized carbons (Fsp3) is 0.400. The molecular weight excluding hydrogens is 205 g/mol. The third-order valence-corrected chi connectivity index (χ3v) is 3.21. The Bertz CT molecular complexity index is 284. The van der Waals surface area contributed by atoms with Gasteiger partial charge in [0.25, 0.3) is 0 Å². The lowest BCUT2D eigenvalue weighted by atomic mass is 9.98. The minimum atomic E-state index is -0.651. The van der Waals surface area contributed by atoms with Crippen LogP contribution in [0.4, 0.5) is 0 Å². The van der Waals surface area contributed by atoms with E-state index in [1.807, 2.05) is 18.2 Å². The van der Waals surface area contributed by atoms with E-state index in [0.717, 1.165) is 6.54 Å². The van der Waals surface area contributed by atoms with Crippen molar-refractivity contribution in [2.45, 2.75) is 10.3 Å². The average Bonchev–Trinajstić information content (AvgIpc) is 2.47. The lowest BCUT2D eigenvalue weighted by Crippen LogP contribution is -2.22. The van der Waals surface area contributed by atoms with Gasteiger partial charge in [-0.1, -0.05) is 53.5 Å². The summed E-state index contributed by atoms with van der Waals surface area (Å²) in [4.78, 5) is 0. The van der Waals surface area contributed by atoms with Crippen molar-refractivity contribution in [1.82, 2.24) is 5.32 Å². The quantitative estimate of drug-likeness (QED) is 0.711. The highest BCUT2D eigenvalue weighted by Crippen LogP contribution is 2.40. The molecule has 1 heterocycles. The minimum absolute atomic E-state index is 0.206. The topological polar surface area (TPSA) is 12.0 Å². The van der Waals surface area contributed by atoms with E-state index < -0.39 is 4.33 Å². The summed E-state index contributed by atoms with van der Waals surface area (Å²) in [5.41, 5.74) is 1.21. The van der Waals surface area contributed by atoms with Crippen LogP contribution in [-0.2, 0) is 0 Å². The number of benzene rings is 1. The van der Waals surface area contributed by atoms with Crippen LogP contribution < -0.4 is 5.32 Å². The molecule has 0 saturated carbocycles. The molecule has 1 unspecified atom stereocenters. The molecule has 3 heteroatoms. The lowest BCUT2D eigenvalue weighted by Gasteiger charge is -2.20. The predicted octanol–water partition coefficient (Wildman–Crippen LogP) is 2.55. The van der Waals surface area contributed by atoms with Crippen LogP contribution in [-0.4, -0.2) is 17.4 Å². The smallest absolute Gasteiger partial charge is 0.138 e. The van der Waals surface area contributed by atoms with Gasteiger partial charge in [0.1, 0.15) is 4.33 Å². The average molecular weight is 216 g/mol. The Morgan fingerprint density at radius 1 is 1.23 bits per heavy atom. The van der Waals surface area contributed by atoms with Crippen molar-refractivity contribution >= 4 is 23.2 Å². The number of hydrogen-bond acceptors (Lipinski definition) is 1. The second-order valence-corrected chi connectivity index (χ2v) is 4.90. The van der Waals surface area contributed by atoms with Crippen molar-refractivity contribution in [2.24, 2.45) is 0 Å². The normalized spacial score (nSPS) is 26.2. The summed E-state index contributed by atoms with van der Waals surface area (Å²) < 4.78 is -0.651. The largest absolute Gasteiger partial charge is 0.313 e. The molecule has 1 saturated heterocycles. The fourth-order valence-corrected chi connectivity index (χ4v) is 2.30. The maximum Gasteiger partial charge on any atom is 0.138 e. The Morgan fingerprint density at radius 2 is 1.92 bits per heavy atom. The Balaban J connectivity index is 2.27. The van der Waals surface area contributed by atoms with E-state index in [2.05, 4.69) is 17.4 Å². The zero-order valence-electron chi connectivity index (χ0n) is 7.13. The molecule has 1 aromatic carbocycles. The van der Waals surface area contributed by atoms with Crippen molar-refractivity contribution < 1.29 is 0 Å². The summed E-state index contributed by atoms with van der Waals surface area (Å²) in [6, 6.07) is 10.2. The molecule has 1 nitrogen and oxygen atoms in total. The molecule has 1 aromatic rings. The van der Waals surface area contributed by atoms with Crippen LogP contribution in [0.3, 0.4) is 0 Å². The van der Waals surface area contributed by atoms with Gasteiger partial charge >= 0.3 is 0 Å². The number of rotatable bonds is 1. The highest BCUT2D eigenvalue weighted by atomic mass is 35.5. The fourth-order valence-electron chi connectivity index (χ4n) is 1.70. The Hall–Kier alpha value is -0.240. The summed E-state index contributed by atoms with van der Waals surface area (Å²) in [7, 11) is 0. The van der Waals surface area contributed by atoms with Crippen molar-refractivity contribution in [2.75, 3.05) is 13.1 Å². The molecule has 1 aliphatic rings. The molecule has 1 N–H and O–H groups in total. The first-order valence-electron chi connectivity index (χ1n) is 4.33. The molecule has 1 aliphatic heterocycles. The Kier molecular flexibility index (Phi) is 2.50. The predicted molar refractivity (Wildman–Crippen MR) is 56.5 cm³/mol. The van der Waals surface area contributed by atoms with Gasteiger partial charge < -0.3 is 5.32 Å². The highest BCUT2D eigenvalue weighted by Gasteiger charge is 2.40. The van der Waals surface area contributed by atoms with Gasteiger partial charge in [-0.25, -0.2) is 0 Å². The molecule has 1 atom stereocenters. The molecule has 0 aliphatic carbocycles. The third kappa shape index (κ3) is 1.83. The highest BCUT2D eigenvalue weighted by molar-refractivity contribution is 6.49. The molecule has 0 bridgehead atoms. The van der Waals surface area contributed by atoms with E-state index in [1.54, 1.807) is 0 Å². The van der Waals surface area contributed by atoms with Crippen LogP contribution in [0, 0.1) is 0 Å². The summed E-state index contributed by atoms with van der Waals surface area (Å²) in [6.45, 7) is 1.52. The van der Waals surface area contributed by atoms with Crippen LogP contribution >= 0.6 is 23.2 Å². The van der Waals surface area contributed by atoms with Crippen LogP contribution in [0.15, 0.2) is 30.3 Å². The maximum absolute atomic E-state index is 6.17. The molecular formula is C10H11Cl2N. The van der Waals surface area contributed by atoms with Gasteiger partial charge in [0.05, 0.1) is 0 Å². The zero-order valence-corrected chi connectivity index (χ0v) is 8.65. The van der Waals surface area contributed by atoms with E-state index in [1.165, 1.54) is 5.56 Å². The molecule has 0 amide bonds. The van der Waals surface area contributed by atoms with Crippen molar-refractivity contribution in [3.63, 3.8) is 0 Å². The summed E-state index contributed by atoms with van der Waals surface area (Å²) in [6.07, 6.45) is 0. The van der Waals surface area contributed by atoms with Crippen LogP contribution in [0.1, 0.15) is 11.5 Å². The SMILES string of the molecule is ClC1(Cl)CNCC1c1ccccc1. The number of halogens is 2. The number of nitrogens with one attached hydrogen (secondary N) is 1. The first kappa shape index (κ1) is 9.32. The minimum Gasteiger partial charge on any atom is -0.313 e. The van der Waals surface area contributed by atoms with Gasteiger partial charge in [-0.05, 0) is 5.56 Å². The van der Waals surface area contributed by atoms with E-state index in [9.17, 15) is 0 Å². The Morgan fingerprint density at radius 3 is 2.46 bits per heavy atom. The first-order valence-corrected chi connectivity index (χ1v) is 5.09. The van der Waals surface area contributed by atoms with E-state index in [4.69, 9.17) is 23.2 Å². The van der Waals surface area contributed by atoms with Gasteiger partial charge in [0.2, 0.25) is 0 Å². The first-order chi connectivity index (χ1) is 6.20. The molecule has 0 spiro atoms. The standard InChI is InChI=1S/C10H11Cl2N/c11-10(12)7-13-6-9(10)8-4-2-1-3-5-8/h1-5,9,13H,6-7H2. The van der Waals surface area contributed by atoms with E-state index >= 15 is 0 Å². The molecule has 13 heavy (non-hydrogen) atoms. The second kappa shape index (κ2) is 3.49. The monoisotopic (exact) mass is 215 g/mol. The molecule has 70 valence electrons. The van der Waals surface area contributed by atoms with Crippen molar-refractivity contribution in [3.8, 4) is 0 Å². The maximum atomic E-state index is 6.17. The number of alkyl halides is 2. The molecule has 0 radical (unpaired) electrons. The zero-order chi connectivity index (χ0) is 9.31. The summed E-state index contributed by atoms with van der Waals surface area (Å²) in [5.74, 6) is 0.206. The Labute approximate surface area is 88.0 Å². The van der Waals surface area contributed by atoms with Gasteiger partial charge in [-0.15, -0.1) is 0 Å². The van der Waals surface area contributed by atoms with Gasteiger partial charge in [0, 0.05) is 19.0 Å². The van der Waals surface area contributed by atoms with Gasteiger partial charge in [-0.3, -0.25) is 0 Å². The lowest BCUT2D eigenvalue weighted by molar-refractivity contribution is 0.730. The van der Waals surface area contributed by atoms with Gasteiger partial charge in [0.15, 0.2) is 0 Å². The molecule has 2 rings (SSSR count). The van der Waals surface area contributed by atoms with Crippen LogP contribution in [0.2, 0.25) is 0 Å². The van der Waals surface area contributed by atoms with E-state index in [-0.39, 0.29) is 5.92 Å². The van der Waals surface area contributed by atoms with E-state index in [0.29, 0.717) is 6.54 Å². The summed E-state index contributed by atoms with van der Waals surface area (Å²) >= 11 is 12.3. The van der Waals surface area contributed by atoms with Gasteiger partial charge in [-0.2, -0.15) is 0 Å². The second-order valence-electron chi connectivity index (χ2n) is 3.36. The van der Waals surface area contributed by atoms with Crippen LogP contribution in [0.25, 0.3) is 0 Å². The van der Waals surface area contributed by atoms with Crippen LogP contribution in [0.5, 0.6) is 0 Å². The van der Waals surface area contributed by atoms with Crippen molar-refractivity contribution in [1.29, 1.82) is 0 Å². The van der Waals surface area contributed by atoms with Crippen molar-refractivity contribution in [3.05, 3.63) is 35.9 Å². The molecule has 0 aromatic heterocycles. The number of hydrogen-bond donors (Lipinski definition) is 1. The summed E-state index contributed by atoms with van der Waals surface area (Å²) in [5, 5.41) is 3.20. The molecule has 1 fully saturated rings. The third-order valence-electron chi connectivity index (χ3n) is 2.42.